The van der Waals surface area contributed by atoms with E-state index < -0.39 is 0 Å². The highest BCUT2D eigenvalue weighted by Crippen LogP contribution is 2.33. The van der Waals surface area contributed by atoms with E-state index in [0.717, 1.165) is 0 Å². The molecule has 0 radical (unpaired) electrons. The maximum absolute atomic E-state index is 14.1. The largest absolute Gasteiger partial charge is 0.492 e. The molecule has 1 aliphatic rings. The van der Waals surface area contributed by atoms with Crippen LogP contribution in [0.4, 0.5) is 10.1 Å². The van der Waals surface area contributed by atoms with Crippen LogP contribution in [0.15, 0.2) is 12.1 Å². The van der Waals surface area contributed by atoms with Gasteiger partial charge in [-0.05, 0) is 13.0 Å². The molecule has 2 rings (SSSR count). The van der Waals surface area contributed by atoms with Crippen molar-refractivity contribution in [1.29, 1.82) is 0 Å². The molecule has 0 unspecified atom stereocenters. The summed E-state index contributed by atoms with van der Waals surface area (Å²) in [5.74, 6) is 0.266. The monoisotopic (exact) mass is 314 g/mol. The van der Waals surface area contributed by atoms with Crippen molar-refractivity contribution in [3.8, 4) is 5.75 Å². The minimum Gasteiger partial charge on any atom is -0.492 e. The fourth-order valence-electron chi connectivity index (χ4n) is 2.45. The molecule has 1 saturated heterocycles. The minimum absolute atomic E-state index is 0.140. The Bertz CT molecular complexity index is 517. The summed E-state index contributed by atoms with van der Waals surface area (Å²) in [6, 6.07) is 2.92. The SMILES string of the molecule is CCOc1cc(N2CCN(C(=O)CC)CC2)c(F)cc1Cl. The topological polar surface area (TPSA) is 32.8 Å². The predicted octanol–water partition coefficient (Wildman–Crippen LogP) is 2.94. The number of ether oxygens (including phenoxy) is 1. The Hall–Kier alpha value is -1.49. The van der Waals surface area contributed by atoms with Crippen LogP contribution in [0.3, 0.4) is 0 Å². The number of hydrogen-bond acceptors (Lipinski definition) is 3. The zero-order valence-corrected chi connectivity index (χ0v) is 13.1. The molecule has 1 aliphatic heterocycles. The summed E-state index contributed by atoms with van der Waals surface area (Å²) in [7, 11) is 0. The molecule has 0 N–H and O–H groups in total. The molecule has 0 aliphatic carbocycles. The highest BCUT2D eigenvalue weighted by atomic mass is 35.5. The van der Waals surface area contributed by atoms with Crippen molar-refractivity contribution in [1.82, 2.24) is 4.90 Å². The molecular weight excluding hydrogens is 295 g/mol. The Morgan fingerprint density at radius 2 is 1.95 bits per heavy atom. The lowest BCUT2D eigenvalue weighted by Crippen LogP contribution is -2.48. The van der Waals surface area contributed by atoms with Crippen molar-refractivity contribution in [2.45, 2.75) is 20.3 Å². The standard InChI is InChI=1S/C15H20ClFN2O2/c1-3-15(20)19-7-5-18(6-8-19)13-10-14(21-4-2)11(16)9-12(13)17/h9-10H,3-8H2,1-2H3. The van der Waals surface area contributed by atoms with Crippen LogP contribution in [-0.4, -0.2) is 43.6 Å². The van der Waals surface area contributed by atoms with E-state index >= 15 is 0 Å². The third-order valence-corrected chi connectivity index (χ3v) is 3.87. The van der Waals surface area contributed by atoms with Gasteiger partial charge in [0.1, 0.15) is 11.6 Å². The van der Waals surface area contributed by atoms with Crippen molar-refractivity contribution in [2.24, 2.45) is 0 Å². The maximum atomic E-state index is 14.1. The molecule has 1 aromatic carbocycles. The number of anilines is 1. The van der Waals surface area contributed by atoms with Crippen LogP contribution >= 0.6 is 11.6 Å². The molecule has 116 valence electrons. The molecule has 21 heavy (non-hydrogen) atoms. The van der Waals surface area contributed by atoms with Crippen molar-refractivity contribution in [3.63, 3.8) is 0 Å². The van der Waals surface area contributed by atoms with Gasteiger partial charge in [0.15, 0.2) is 0 Å². The van der Waals surface area contributed by atoms with E-state index in [-0.39, 0.29) is 16.7 Å². The first-order chi connectivity index (χ1) is 10.1. The fourth-order valence-corrected chi connectivity index (χ4v) is 2.65. The van der Waals surface area contributed by atoms with Crippen LogP contribution in [0.2, 0.25) is 5.02 Å². The molecule has 0 atom stereocenters. The van der Waals surface area contributed by atoms with Crippen LogP contribution in [0.25, 0.3) is 0 Å². The second kappa shape index (κ2) is 6.98. The van der Waals surface area contributed by atoms with E-state index in [1.807, 2.05) is 23.6 Å². The van der Waals surface area contributed by atoms with Gasteiger partial charge < -0.3 is 14.5 Å². The molecule has 4 nitrogen and oxygen atoms in total. The lowest BCUT2D eigenvalue weighted by atomic mass is 10.2. The molecule has 0 saturated carbocycles. The van der Waals surface area contributed by atoms with Gasteiger partial charge in [-0.3, -0.25) is 4.79 Å². The second-order valence-corrected chi connectivity index (χ2v) is 5.30. The highest BCUT2D eigenvalue weighted by Gasteiger charge is 2.23. The normalized spacial score (nSPS) is 15.2. The molecule has 1 aromatic rings. The Morgan fingerprint density at radius 1 is 1.29 bits per heavy atom. The van der Waals surface area contributed by atoms with E-state index in [2.05, 4.69) is 0 Å². The van der Waals surface area contributed by atoms with Crippen LogP contribution < -0.4 is 9.64 Å². The quantitative estimate of drug-likeness (QED) is 0.856. The van der Waals surface area contributed by atoms with Gasteiger partial charge in [0.05, 0.1) is 17.3 Å². The van der Waals surface area contributed by atoms with Gasteiger partial charge in [-0.25, -0.2) is 4.39 Å². The molecule has 1 heterocycles. The number of carbonyl (C=O) groups excluding carboxylic acids is 1. The Balaban J connectivity index is 2.12. The zero-order valence-electron chi connectivity index (χ0n) is 12.4. The summed E-state index contributed by atoms with van der Waals surface area (Å²) in [6.07, 6.45) is 0.504. The van der Waals surface area contributed by atoms with Gasteiger partial charge in [-0.15, -0.1) is 0 Å². The van der Waals surface area contributed by atoms with Crippen molar-refractivity contribution >= 4 is 23.2 Å². The lowest BCUT2D eigenvalue weighted by molar-refractivity contribution is -0.131. The van der Waals surface area contributed by atoms with Gasteiger partial charge >= 0.3 is 0 Å². The van der Waals surface area contributed by atoms with Gasteiger partial charge in [-0.2, -0.15) is 0 Å². The van der Waals surface area contributed by atoms with Gasteiger partial charge in [0.2, 0.25) is 5.91 Å². The molecule has 6 heteroatoms. The Labute approximate surface area is 129 Å². The first-order valence-electron chi connectivity index (χ1n) is 7.21. The molecule has 1 amide bonds. The van der Waals surface area contributed by atoms with Crippen LogP contribution in [0, 0.1) is 5.82 Å². The minimum atomic E-state index is -0.362. The number of nitrogens with zero attached hydrogens (tertiary/aromatic N) is 2. The smallest absolute Gasteiger partial charge is 0.222 e. The summed E-state index contributed by atoms with van der Waals surface area (Å²) < 4.78 is 19.5. The van der Waals surface area contributed by atoms with E-state index in [9.17, 15) is 9.18 Å². The highest BCUT2D eigenvalue weighted by molar-refractivity contribution is 6.32. The number of carbonyl (C=O) groups is 1. The number of piperazine rings is 1. The number of benzene rings is 1. The molecular formula is C15H20ClFN2O2. The zero-order chi connectivity index (χ0) is 15.4. The van der Waals surface area contributed by atoms with Crippen molar-refractivity contribution in [3.05, 3.63) is 23.0 Å². The number of amides is 1. The van der Waals surface area contributed by atoms with E-state index in [1.165, 1.54) is 6.07 Å². The predicted molar refractivity (Wildman–Crippen MR) is 81.7 cm³/mol. The van der Waals surface area contributed by atoms with Crippen LogP contribution in [-0.2, 0) is 4.79 Å². The fraction of sp³-hybridized carbons (Fsp3) is 0.533. The second-order valence-electron chi connectivity index (χ2n) is 4.89. The molecule has 0 bridgehead atoms. The summed E-state index contributed by atoms with van der Waals surface area (Å²) in [4.78, 5) is 15.4. The Kier molecular flexibility index (Phi) is 5.28. The van der Waals surface area contributed by atoms with Gasteiger partial charge in [0.25, 0.3) is 0 Å². The average molecular weight is 315 g/mol. The van der Waals surface area contributed by atoms with Crippen molar-refractivity contribution < 1.29 is 13.9 Å². The number of rotatable bonds is 4. The first kappa shape index (κ1) is 15.9. The third-order valence-electron chi connectivity index (χ3n) is 3.58. The van der Waals surface area contributed by atoms with Crippen LogP contribution in [0.1, 0.15) is 20.3 Å². The lowest BCUT2D eigenvalue weighted by Gasteiger charge is -2.36. The summed E-state index contributed by atoms with van der Waals surface area (Å²) in [5, 5.41) is 0.276. The number of hydrogen-bond donors (Lipinski definition) is 0. The molecule has 1 fully saturated rings. The molecule has 0 spiro atoms. The van der Waals surface area contributed by atoms with Crippen molar-refractivity contribution in [2.75, 3.05) is 37.7 Å². The maximum Gasteiger partial charge on any atom is 0.222 e. The molecule has 0 aromatic heterocycles. The Morgan fingerprint density at radius 3 is 2.52 bits per heavy atom. The summed E-state index contributed by atoms with van der Waals surface area (Å²) in [6.45, 7) is 6.61. The summed E-state index contributed by atoms with van der Waals surface area (Å²) >= 11 is 5.97. The van der Waals surface area contributed by atoms with E-state index in [1.54, 1.807) is 6.07 Å². The van der Waals surface area contributed by atoms with Crippen LogP contribution in [0.5, 0.6) is 5.75 Å². The summed E-state index contributed by atoms with van der Waals surface area (Å²) in [5.41, 5.74) is 0.478. The van der Waals surface area contributed by atoms with E-state index in [0.29, 0.717) is 50.6 Å². The van der Waals surface area contributed by atoms with Gasteiger partial charge in [0, 0.05) is 38.7 Å². The van der Waals surface area contributed by atoms with Gasteiger partial charge in [-0.1, -0.05) is 18.5 Å². The van der Waals surface area contributed by atoms with E-state index in [4.69, 9.17) is 16.3 Å². The third kappa shape index (κ3) is 3.59. The first-order valence-corrected chi connectivity index (χ1v) is 7.59. The number of halogens is 2. The average Bonchev–Trinajstić information content (AvgIpc) is 2.49.